The molecule has 0 atom stereocenters. The molecule has 0 saturated heterocycles. The molecule has 1 aromatic heterocycles. The van der Waals surface area contributed by atoms with Gasteiger partial charge in [0.05, 0.1) is 12.7 Å². The maximum atomic E-state index is 11.2. The molecule has 0 fully saturated rings. The van der Waals surface area contributed by atoms with Crippen molar-refractivity contribution in [3.63, 3.8) is 0 Å². The smallest absolute Gasteiger partial charge is 0.337 e. The number of pyridine rings is 1. The third kappa shape index (κ3) is 1.69. The summed E-state index contributed by atoms with van der Waals surface area (Å²) < 4.78 is 5.89. The number of hydrogen-bond donors (Lipinski definition) is 1. The molecule has 0 aliphatic rings. The summed E-state index contributed by atoms with van der Waals surface area (Å²) in [4.78, 5) is 21.8. The number of aromatic carboxylic acids is 1. The summed E-state index contributed by atoms with van der Waals surface area (Å²) in [6, 6.07) is 1.20. The van der Waals surface area contributed by atoms with Crippen molar-refractivity contribution in [1.82, 2.24) is 4.57 Å². The fourth-order valence-corrected chi connectivity index (χ4v) is 0.945. The Morgan fingerprint density at radius 1 is 1.62 bits per heavy atom. The third-order valence-electron chi connectivity index (χ3n) is 1.62. The summed E-state index contributed by atoms with van der Waals surface area (Å²) >= 11 is 0. The lowest BCUT2D eigenvalue weighted by Gasteiger charge is -2.03. The lowest BCUT2D eigenvalue weighted by atomic mass is 10.3. The Bertz CT molecular complexity index is 394. The Morgan fingerprint density at radius 3 is 2.69 bits per heavy atom. The predicted molar refractivity (Wildman–Crippen MR) is 45.2 cm³/mol. The largest absolute Gasteiger partial charge is 0.491 e. The van der Waals surface area contributed by atoms with Crippen molar-refractivity contribution in [2.75, 3.05) is 7.11 Å². The SMILES string of the molecule is COc1cc(C(=O)O)cn(C)c1=O. The number of ether oxygens (including phenoxy) is 1. The topological polar surface area (TPSA) is 68.5 Å². The van der Waals surface area contributed by atoms with Gasteiger partial charge in [0.2, 0.25) is 0 Å². The quantitative estimate of drug-likeness (QED) is 0.705. The van der Waals surface area contributed by atoms with E-state index in [0.717, 1.165) is 0 Å². The number of carboxylic acids is 1. The van der Waals surface area contributed by atoms with Crippen molar-refractivity contribution in [1.29, 1.82) is 0 Å². The Morgan fingerprint density at radius 2 is 2.23 bits per heavy atom. The van der Waals surface area contributed by atoms with Crippen LogP contribution in [0.25, 0.3) is 0 Å². The van der Waals surface area contributed by atoms with Gasteiger partial charge >= 0.3 is 5.97 Å². The molecule has 1 aromatic rings. The molecule has 1 rings (SSSR count). The molecule has 0 bridgehead atoms. The van der Waals surface area contributed by atoms with E-state index in [4.69, 9.17) is 9.84 Å². The van der Waals surface area contributed by atoms with Crippen LogP contribution in [-0.2, 0) is 7.05 Å². The number of carbonyl (C=O) groups is 1. The van der Waals surface area contributed by atoms with Gasteiger partial charge in [-0.25, -0.2) is 4.79 Å². The summed E-state index contributed by atoms with van der Waals surface area (Å²) in [5.74, 6) is -1.06. The Labute approximate surface area is 74.2 Å². The first-order valence-corrected chi connectivity index (χ1v) is 3.54. The average molecular weight is 183 g/mol. The summed E-state index contributed by atoms with van der Waals surface area (Å²) in [6.45, 7) is 0. The van der Waals surface area contributed by atoms with Crippen molar-refractivity contribution in [3.8, 4) is 5.75 Å². The molecule has 70 valence electrons. The Balaban J connectivity index is 3.39. The maximum Gasteiger partial charge on any atom is 0.337 e. The van der Waals surface area contributed by atoms with Gasteiger partial charge in [-0.2, -0.15) is 0 Å². The number of aryl methyl sites for hydroxylation is 1. The fourth-order valence-electron chi connectivity index (χ4n) is 0.945. The number of rotatable bonds is 2. The van der Waals surface area contributed by atoms with Gasteiger partial charge in [-0.3, -0.25) is 4.79 Å². The van der Waals surface area contributed by atoms with E-state index in [1.165, 1.54) is 31.0 Å². The first-order chi connectivity index (χ1) is 6.06. The van der Waals surface area contributed by atoms with Crippen LogP contribution in [-0.4, -0.2) is 22.8 Å². The molecule has 0 aliphatic carbocycles. The minimum atomic E-state index is -1.09. The highest BCUT2D eigenvalue weighted by molar-refractivity contribution is 5.87. The van der Waals surface area contributed by atoms with Crippen molar-refractivity contribution in [2.45, 2.75) is 0 Å². The fraction of sp³-hybridized carbons (Fsp3) is 0.250. The molecule has 0 spiro atoms. The molecule has 0 unspecified atom stereocenters. The van der Waals surface area contributed by atoms with Crippen molar-refractivity contribution < 1.29 is 14.6 Å². The van der Waals surface area contributed by atoms with Crippen LogP contribution in [0.1, 0.15) is 10.4 Å². The van der Waals surface area contributed by atoms with Gasteiger partial charge in [0.25, 0.3) is 5.56 Å². The van der Waals surface area contributed by atoms with E-state index in [1.807, 2.05) is 0 Å². The van der Waals surface area contributed by atoms with Crippen LogP contribution in [0.5, 0.6) is 5.75 Å². The van der Waals surface area contributed by atoms with Crippen LogP contribution in [0.2, 0.25) is 0 Å². The van der Waals surface area contributed by atoms with E-state index in [1.54, 1.807) is 0 Å². The normalized spacial score (nSPS) is 9.69. The maximum absolute atomic E-state index is 11.2. The summed E-state index contributed by atoms with van der Waals surface area (Å²) in [5.41, 5.74) is -0.327. The van der Waals surface area contributed by atoms with Crippen LogP contribution in [0.3, 0.4) is 0 Å². The summed E-state index contributed by atoms with van der Waals surface area (Å²) in [6.07, 6.45) is 1.24. The first kappa shape index (κ1) is 9.31. The molecule has 5 nitrogen and oxygen atoms in total. The van der Waals surface area contributed by atoms with E-state index in [2.05, 4.69) is 0 Å². The van der Waals surface area contributed by atoms with Crippen LogP contribution in [0.4, 0.5) is 0 Å². The molecular weight excluding hydrogens is 174 g/mol. The van der Waals surface area contributed by atoms with Gasteiger partial charge in [-0.1, -0.05) is 0 Å². The number of methoxy groups -OCH3 is 1. The molecule has 1 heterocycles. The van der Waals surface area contributed by atoms with E-state index >= 15 is 0 Å². The zero-order chi connectivity index (χ0) is 10.0. The van der Waals surface area contributed by atoms with E-state index in [-0.39, 0.29) is 16.9 Å². The second-order valence-electron chi connectivity index (χ2n) is 2.52. The van der Waals surface area contributed by atoms with Crippen LogP contribution < -0.4 is 10.3 Å². The minimum Gasteiger partial charge on any atom is -0.491 e. The third-order valence-corrected chi connectivity index (χ3v) is 1.62. The van der Waals surface area contributed by atoms with Crippen LogP contribution >= 0.6 is 0 Å². The Kier molecular flexibility index (Phi) is 2.36. The zero-order valence-electron chi connectivity index (χ0n) is 7.27. The van der Waals surface area contributed by atoms with Crippen LogP contribution in [0, 0.1) is 0 Å². The van der Waals surface area contributed by atoms with Crippen molar-refractivity contribution >= 4 is 5.97 Å². The van der Waals surface area contributed by atoms with Crippen molar-refractivity contribution in [3.05, 3.63) is 28.2 Å². The molecule has 0 aromatic carbocycles. The highest BCUT2D eigenvalue weighted by atomic mass is 16.5. The highest BCUT2D eigenvalue weighted by Crippen LogP contribution is 2.06. The van der Waals surface area contributed by atoms with E-state index in [0.29, 0.717) is 0 Å². The standard InChI is InChI=1S/C8H9NO4/c1-9-4-5(8(11)12)3-6(13-2)7(9)10/h3-4H,1-2H3,(H,11,12). The van der Waals surface area contributed by atoms with Crippen LogP contribution in [0.15, 0.2) is 17.1 Å². The lowest BCUT2D eigenvalue weighted by molar-refractivity contribution is 0.0695. The molecule has 13 heavy (non-hydrogen) atoms. The zero-order valence-corrected chi connectivity index (χ0v) is 7.27. The Hall–Kier alpha value is -1.78. The van der Waals surface area contributed by atoms with Gasteiger partial charge in [-0.05, 0) is 0 Å². The molecule has 0 aliphatic heterocycles. The monoisotopic (exact) mass is 183 g/mol. The second kappa shape index (κ2) is 3.30. The first-order valence-electron chi connectivity index (χ1n) is 3.54. The second-order valence-corrected chi connectivity index (χ2v) is 2.52. The number of carboxylic acid groups (broad SMARTS) is 1. The number of hydrogen-bond acceptors (Lipinski definition) is 3. The van der Waals surface area contributed by atoms with E-state index < -0.39 is 5.97 Å². The number of aromatic nitrogens is 1. The molecule has 0 saturated carbocycles. The molecule has 1 N–H and O–H groups in total. The highest BCUT2D eigenvalue weighted by Gasteiger charge is 2.08. The molecule has 0 amide bonds. The number of nitrogens with zero attached hydrogens (tertiary/aromatic N) is 1. The lowest BCUT2D eigenvalue weighted by Crippen LogP contribution is -2.19. The van der Waals surface area contributed by atoms with Gasteiger partial charge in [0.15, 0.2) is 5.75 Å². The van der Waals surface area contributed by atoms with Gasteiger partial charge in [-0.15, -0.1) is 0 Å². The molecular formula is C8H9NO4. The predicted octanol–water partition coefficient (Wildman–Crippen LogP) is 0.0921. The van der Waals surface area contributed by atoms with Gasteiger partial charge in [0.1, 0.15) is 0 Å². The van der Waals surface area contributed by atoms with E-state index in [9.17, 15) is 9.59 Å². The average Bonchev–Trinajstić information content (AvgIpc) is 2.09. The van der Waals surface area contributed by atoms with Gasteiger partial charge in [0, 0.05) is 19.3 Å². The van der Waals surface area contributed by atoms with Crippen molar-refractivity contribution in [2.24, 2.45) is 7.05 Å². The summed E-state index contributed by atoms with van der Waals surface area (Å²) in [7, 11) is 2.79. The molecule has 0 radical (unpaired) electrons. The molecule has 5 heteroatoms. The minimum absolute atomic E-state index is 0.0268. The van der Waals surface area contributed by atoms with Gasteiger partial charge < -0.3 is 14.4 Å². The summed E-state index contributed by atoms with van der Waals surface area (Å²) in [5, 5.41) is 8.65.